The maximum Gasteiger partial charge on any atom is 0.254 e. The van der Waals surface area contributed by atoms with Crippen LogP contribution >= 0.6 is 0 Å². The van der Waals surface area contributed by atoms with E-state index in [1.54, 1.807) is 18.2 Å². The predicted molar refractivity (Wildman–Crippen MR) is 93.7 cm³/mol. The van der Waals surface area contributed by atoms with Gasteiger partial charge in [0.25, 0.3) is 5.91 Å². The SMILES string of the molecule is CC(C)(C)C(=O)NC[C@@H]1CCCN(C(=O)c2ccc3c(c2)OCO3)C1. The number of amides is 2. The number of carbonyl (C=O) groups excluding carboxylic acids is 2. The van der Waals surface area contributed by atoms with Crippen molar-refractivity contribution in [2.24, 2.45) is 11.3 Å². The van der Waals surface area contributed by atoms with E-state index in [4.69, 9.17) is 9.47 Å². The number of benzene rings is 1. The minimum absolute atomic E-state index is 0.00477. The van der Waals surface area contributed by atoms with Crippen LogP contribution in [0.4, 0.5) is 0 Å². The van der Waals surface area contributed by atoms with Crippen LogP contribution < -0.4 is 14.8 Å². The Bertz CT molecular complexity index is 666. The van der Waals surface area contributed by atoms with Gasteiger partial charge in [-0.2, -0.15) is 0 Å². The van der Waals surface area contributed by atoms with Crippen LogP contribution in [-0.2, 0) is 4.79 Å². The molecule has 1 atom stereocenters. The zero-order valence-corrected chi connectivity index (χ0v) is 15.1. The molecule has 1 N–H and O–H groups in total. The van der Waals surface area contributed by atoms with Crippen molar-refractivity contribution in [3.05, 3.63) is 23.8 Å². The summed E-state index contributed by atoms with van der Waals surface area (Å²) in [5.74, 6) is 1.64. The summed E-state index contributed by atoms with van der Waals surface area (Å²) >= 11 is 0. The van der Waals surface area contributed by atoms with Crippen LogP contribution in [0, 0.1) is 11.3 Å². The van der Waals surface area contributed by atoms with Gasteiger partial charge in [-0.25, -0.2) is 0 Å². The van der Waals surface area contributed by atoms with Crippen LogP contribution in [0.3, 0.4) is 0 Å². The summed E-state index contributed by atoms with van der Waals surface area (Å²) in [6.07, 6.45) is 1.97. The van der Waals surface area contributed by atoms with Crippen LogP contribution in [-0.4, -0.2) is 43.1 Å². The second-order valence-electron chi connectivity index (χ2n) is 7.79. The van der Waals surface area contributed by atoms with E-state index in [1.165, 1.54) is 0 Å². The molecule has 25 heavy (non-hydrogen) atoms. The zero-order valence-electron chi connectivity index (χ0n) is 15.1. The maximum absolute atomic E-state index is 12.8. The average Bonchev–Trinajstić information content (AvgIpc) is 3.06. The third-order valence-corrected chi connectivity index (χ3v) is 4.66. The fraction of sp³-hybridized carbons (Fsp3) is 0.579. The van der Waals surface area contributed by atoms with E-state index in [2.05, 4.69) is 5.32 Å². The molecule has 0 unspecified atom stereocenters. The molecule has 2 amide bonds. The molecule has 2 aliphatic rings. The monoisotopic (exact) mass is 346 g/mol. The van der Waals surface area contributed by atoms with Gasteiger partial charge >= 0.3 is 0 Å². The Hall–Kier alpha value is -2.24. The highest BCUT2D eigenvalue weighted by atomic mass is 16.7. The minimum Gasteiger partial charge on any atom is -0.454 e. The molecule has 1 saturated heterocycles. The zero-order chi connectivity index (χ0) is 18.0. The van der Waals surface area contributed by atoms with Gasteiger partial charge in [-0.1, -0.05) is 20.8 Å². The summed E-state index contributed by atoms with van der Waals surface area (Å²) in [7, 11) is 0. The number of carbonyl (C=O) groups is 2. The van der Waals surface area contributed by atoms with Crippen LogP contribution in [0.15, 0.2) is 18.2 Å². The first kappa shape index (κ1) is 17.6. The van der Waals surface area contributed by atoms with Crippen LogP contribution in [0.1, 0.15) is 44.0 Å². The van der Waals surface area contributed by atoms with Crippen molar-refractivity contribution in [1.82, 2.24) is 10.2 Å². The number of likely N-dealkylation sites (tertiary alicyclic amines) is 1. The van der Waals surface area contributed by atoms with Crippen molar-refractivity contribution >= 4 is 11.8 Å². The van der Waals surface area contributed by atoms with Crippen LogP contribution in [0.25, 0.3) is 0 Å². The third kappa shape index (κ3) is 4.06. The highest BCUT2D eigenvalue weighted by molar-refractivity contribution is 5.95. The third-order valence-electron chi connectivity index (χ3n) is 4.66. The Labute approximate surface area is 148 Å². The molecule has 6 heteroatoms. The molecule has 136 valence electrons. The lowest BCUT2D eigenvalue weighted by atomic mass is 9.94. The molecule has 1 fully saturated rings. The van der Waals surface area contributed by atoms with E-state index >= 15 is 0 Å². The highest BCUT2D eigenvalue weighted by Crippen LogP contribution is 2.33. The van der Waals surface area contributed by atoms with Crippen LogP contribution in [0.5, 0.6) is 11.5 Å². The van der Waals surface area contributed by atoms with Crippen molar-refractivity contribution < 1.29 is 19.1 Å². The topological polar surface area (TPSA) is 67.9 Å². The molecule has 0 bridgehead atoms. The number of ether oxygens (including phenoxy) is 2. The van der Waals surface area contributed by atoms with Crippen molar-refractivity contribution in [3.63, 3.8) is 0 Å². The smallest absolute Gasteiger partial charge is 0.254 e. The molecule has 3 rings (SSSR count). The van der Waals surface area contributed by atoms with Gasteiger partial charge in [0.1, 0.15) is 0 Å². The lowest BCUT2D eigenvalue weighted by molar-refractivity contribution is -0.128. The summed E-state index contributed by atoms with van der Waals surface area (Å²) in [5, 5.41) is 3.01. The highest BCUT2D eigenvalue weighted by Gasteiger charge is 2.27. The lowest BCUT2D eigenvalue weighted by Crippen LogP contribution is -2.45. The van der Waals surface area contributed by atoms with Gasteiger partial charge in [-0.15, -0.1) is 0 Å². The van der Waals surface area contributed by atoms with Gasteiger partial charge in [-0.3, -0.25) is 9.59 Å². The number of fused-ring (bicyclic) bond motifs is 1. The standard InChI is InChI=1S/C19H26N2O4/c1-19(2,3)18(23)20-10-13-5-4-8-21(11-13)17(22)14-6-7-15-16(9-14)25-12-24-15/h6-7,9,13H,4-5,8,10-12H2,1-3H3,(H,20,23)/t13-/m0/s1. The normalized spacial score (nSPS) is 19.6. The largest absolute Gasteiger partial charge is 0.454 e. The summed E-state index contributed by atoms with van der Waals surface area (Å²) in [5.41, 5.74) is 0.222. The van der Waals surface area contributed by atoms with Gasteiger partial charge < -0.3 is 19.7 Å². The van der Waals surface area contributed by atoms with Gasteiger partial charge in [0.05, 0.1) is 0 Å². The number of nitrogens with one attached hydrogen (secondary N) is 1. The number of piperidine rings is 1. The Kier molecular flexibility index (Phi) is 4.88. The molecule has 2 aliphatic heterocycles. The van der Waals surface area contributed by atoms with E-state index in [-0.39, 0.29) is 24.5 Å². The fourth-order valence-corrected chi connectivity index (χ4v) is 3.13. The van der Waals surface area contributed by atoms with Gasteiger partial charge in [0.2, 0.25) is 12.7 Å². The molecule has 0 spiro atoms. The number of nitrogens with zero attached hydrogens (tertiary/aromatic N) is 1. The van der Waals surface area contributed by atoms with E-state index in [0.717, 1.165) is 19.4 Å². The van der Waals surface area contributed by atoms with Crippen molar-refractivity contribution in [3.8, 4) is 11.5 Å². The summed E-state index contributed by atoms with van der Waals surface area (Å²) in [6.45, 7) is 7.93. The summed E-state index contributed by atoms with van der Waals surface area (Å²) in [4.78, 5) is 26.7. The summed E-state index contributed by atoms with van der Waals surface area (Å²) < 4.78 is 10.6. The van der Waals surface area contributed by atoms with Gasteiger partial charge in [0, 0.05) is 30.6 Å². The molecular formula is C19H26N2O4. The quantitative estimate of drug-likeness (QED) is 0.913. The van der Waals surface area contributed by atoms with Crippen molar-refractivity contribution in [2.45, 2.75) is 33.6 Å². The van der Waals surface area contributed by atoms with E-state index in [0.29, 0.717) is 30.2 Å². The second-order valence-corrected chi connectivity index (χ2v) is 7.79. The van der Waals surface area contributed by atoms with Crippen molar-refractivity contribution in [2.75, 3.05) is 26.4 Å². The molecule has 1 aromatic rings. The van der Waals surface area contributed by atoms with Crippen molar-refractivity contribution in [1.29, 1.82) is 0 Å². The Morgan fingerprint density at radius 1 is 1.24 bits per heavy atom. The molecule has 0 radical (unpaired) electrons. The number of hydrogen-bond acceptors (Lipinski definition) is 4. The van der Waals surface area contributed by atoms with Gasteiger partial charge in [-0.05, 0) is 37.0 Å². The molecule has 0 aromatic heterocycles. The lowest BCUT2D eigenvalue weighted by Gasteiger charge is -2.33. The van der Waals surface area contributed by atoms with Crippen LogP contribution in [0.2, 0.25) is 0 Å². The average molecular weight is 346 g/mol. The molecule has 6 nitrogen and oxygen atoms in total. The number of hydrogen-bond donors (Lipinski definition) is 1. The Morgan fingerprint density at radius 2 is 2.00 bits per heavy atom. The first-order chi connectivity index (χ1) is 11.8. The number of rotatable bonds is 3. The minimum atomic E-state index is -0.392. The Morgan fingerprint density at radius 3 is 2.76 bits per heavy atom. The maximum atomic E-state index is 12.8. The van der Waals surface area contributed by atoms with E-state index in [1.807, 2.05) is 25.7 Å². The Balaban J connectivity index is 1.59. The fourth-order valence-electron chi connectivity index (χ4n) is 3.13. The summed E-state index contributed by atoms with van der Waals surface area (Å²) in [6, 6.07) is 5.30. The first-order valence-corrected chi connectivity index (χ1v) is 8.82. The molecule has 0 aliphatic carbocycles. The second kappa shape index (κ2) is 6.94. The van der Waals surface area contributed by atoms with Gasteiger partial charge in [0.15, 0.2) is 11.5 Å². The molecule has 1 aromatic carbocycles. The van der Waals surface area contributed by atoms with E-state index in [9.17, 15) is 9.59 Å². The molecule has 2 heterocycles. The predicted octanol–water partition coefficient (Wildman–Crippen LogP) is 2.43. The molecular weight excluding hydrogens is 320 g/mol. The molecule has 0 saturated carbocycles. The van der Waals surface area contributed by atoms with E-state index < -0.39 is 5.41 Å². The first-order valence-electron chi connectivity index (χ1n) is 8.82.